The van der Waals surface area contributed by atoms with Gasteiger partial charge in [-0.25, -0.2) is 0 Å². The van der Waals surface area contributed by atoms with Crippen LogP contribution in [-0.4, -0.2) is 9.78 Å². The first kappa shape index (κ1) is 12.9. The second-order valence-corrected chi connectivity index (χ2v) is 5.52. The molecule has 3 rings (SSSR count). The summed E-state index contributed by atoms with van der Waals surface area (Å²) in [4.78, 5) is 0. The molecule has 20 heavy (non-hydrogen) atoms. The van der Waals surface area contributed by atoms with Gasteiger partial charge < -0.3 is 5.73 Å². The van der Waals surface area contributed by atoms with E-state index in [-0.39, 0.29) is 0 Å². The summed E-state index contributed by atoms with van der Waals surface area (Å²) in [6, 6.07) is 18.2. The van der Waals surface area contributed by atoms with Crippen molar-refractivity contribution in [1.82, 2.24) is 9.78 Å². The van der Waals surface area contributed by atoms with Crippen LogP contribution < -0.4 is 5.73 Å². The number of rotatable bonds is 2. The van der Waals surface area contributed by atoms with Crippen molar-refractivity contribution >= 4 is 21.7 Å². The minimum absolute atomic E-state index is 0.672. The summed E-state index contributed by atoms with van der Waals surface area (Å²) in [6.45, 7) is 0. The number of hydrogen-bond acceptors (Lipinski definition) is 2. The van der Waals surface area contributed by atoms with Gasteiger partial charge in [0.25, 0.3) is 0 Å². The molecule has 0 bridgehead atoms. The number of nitrogens with two attached hydrogens (primary N) is 1. The Morgan fingerprint density at radius 1 is 0.950 bits per heavy atom. The Morgan fingerprint density at radius 3 is 2.25 bits per heavy atom. The first-order valence-corrected chi connectivity index (χ1v) is 7.10. The Balaban J connectivity index is 2.22. The van der Waals surface area contributed by atoms with Gasteiger partial charge in [0.2, 0.25) is 0 Å². The number of nitrogen functional groups attached to an aromatic ring is 1. The fourth-order valence-electron chi connectivity index (χ4n) is 2.24. The molecule has 0 saturated carbocycles. The number of nitrogens with zero attached hydrogens (tertiary/aromatic N) is 2. The largest absolute Gasteiger partial charge is 0.383 e. The lowest BCUT2D eigenvalue weighted by Crippen LogP contribution is -1.97. The van der Waals surface area contributed by atoms with Gasteiger partial charge in [-0.3, -0.25) is 4.68 Å². The molecule has 0 amide bonds. The number of hydrogen-bond donors (Lipinski definition) is 1. The van der Waals surface area contributed by atoms with E-state index in [2.05, 4.69) is 21.0 Å². The van der Waals surface area contributed by atoms with E-state index in [9.17, 15) is 0 Å². The van der Waals surface area contributed by atoms with Gasteiger partial charge in [0, 0.05) is 17.1 Å². The second kappa shape index (κ2) is 5.13. The highest BCUT2D eigenvalue weighted by molar-refractivity contribution is 9.10. The lowest BCUT2D eigenvalue weighted by atomic mass is 10.0. The van der Waals surface area contributed by atoms with Crippen LogP contribution in [0.1, 0.15) is 0 Å². The number of benzene rings is 2. The molecule has 0 radical (unpaired) electrons. The van der Waals surface area contributed by atoms with E-state index < -0.39 is 0 Å². The average Bonchev–Trinajstić information content (AvgIpc) is 2.77. The maximum Gasteiger partial charge on any atom is 0.129 e. The molecule has 2 aromatic carbocycles. The monoisotopic (exact) mass is 327 g/mol. The molecule has 0 atom stereocenters. The van der Waals surface area contributed by atoms with Crippen LogP contribution in [0.5, 0.6) is 0 Å². The van der Waals surface area contributed by atoms with Crippen LogP contribution in [-0.2, 0) is 7.05 Å². The van der Waals surface area contributed by atoms with E-state index in [4.69, 9.17) is 5.73 Å². The highest BCUT2D eigenvalue weighted by atomic mass is 79.9. The quantitative estimate of drug-likeness (QED) is 0.770. The Morgan fingerprint density at radius 2 is 1.60 bits per heavy atom. The molecule has 0 spiro atoms. The third-order valence-corrected chi connectivity index (χ3v) is 3.80. The van der Waals surface area contributed by atoms with E-state index in [1.54, 1.807) is 4.68 Å². The van der Waals surface area contributed by atoms with Crippen molar-refractivity contribution < 1.29 is 0 Å². The van der Waals surface area contributed by atoms with Crippen molar-refractivity contribution in [3.05, 3.63) is 59.1 Å². The molecule has 0 aliphatic rings. The number of aromatic nitrogens is 2. The Kier molecular flexibility index (Phi) is 3.32. The molecule has 3 aromatic rings. The molecular formula is C16H14BrN3. The average molecular weight is 328 g/mol. The van der Waals surface area contributed by atoms with Gasteiger partial charge in [0.1, 0.15) is 11.5 Å². The normalized spacial score (nSPS) is 10.7. The van der Waals surface area contributed by atoms with Crippen LogP contribution in [0, 0.1) is 0 Å². The Bertz CT molecular complexity index is 730. The van der Waals surface area contributed by atoms with Crippen LogP contribution >= 0.6 is 15.9 Å². The lowest BCUT2D eigenvalue weighted by molar-refractivity contribution is 0.782. The SMILES string of the molecule is Cn1nc(-c2ccccc2)c(-c2ccc(Br)cc2)c1N. The molecule has 0 aliphatic heterocycles. The van der Waals surface area contributed by atoms with Gasteiger partial charge in [-0.1, -0.05) is 58.4 Å². The fraction of sp³-hybridized carbons (Fsp3) is 0.0625. The molecule has 100 valence electrons. The first-order chi connectivity index (χ1) is 9.66. The molecule has 1 aromatic heterocycles. The van der Waals surface area contributed by atoms with E-state index in [1.807, 2.05) is 61.6 Å². The summed E-state index contributed by atoms with van der Waals surface area (Å²) in [5, 5.41) is 4.56. The molecule has 0 saturated heterocycles. The van der Waals surface area contributed by atoms with Crippen LogP contribution in [0.4, 0.5) is 5.82 Å². The predicted molar refractivity (Wildman–Crippen MR) is 86.2 cm³/mol. The van der Waals surface area contributed by atoms with Crippen molar-refractivity contribution in [2.75, 3.05) is 5.73 Å². The van der Waals surface area contributed by atoms with Crippen molar-refractivity contribution in [2.24, 2.45) is 7.05 Å². The standard InChI is InChI=1S/C16H14BrN3/c1-20-16(18)14(11-7-9-13(17)10-8-11)15(19-20)12-5-3-2-4-6-12/h2-10H,18H2,1H3. The van der Waals surface area contributed by atoms with Crippen LogP contribution in [0.2, 0.25) is 0 Å². The maximum atomic E-state index is 6.20. The zero-order valence-corrected chi connectivity index (χ0v) is 12.6. The van der Waals surface area contributed by atoms with Crippen LogP contribution in [0.3, 0.4) is 0 Å². The van der Waals surface area contributed by atoms with Gasteiger partial charge in [-0.15, -0.1) is 0 Å². The van der Waals surface area contributed by atoms with Gasteiger partial charge in [0.15, 0.2) is 0 Å². The minimum atomic E-state index is 0.672. The summed E-state index contributed by atoms with van der Waals surface area (Å²) in [7, 11) is 1.87. The number of aryl methyl sites for hydroxylation is 1. The number of anilines is 1. The zero-order valence-electron chi connectivity index (χ0n) is 11.0. The highest BCUT2D eigenvalue weighted by Gasteiger charge is 2.16. The second-order valence-electron chi connectivity index (χ2n) is 4.61. The Labute approximate surface area is 126 Å². The van der Waals surface area contributed by atoms with Crippen LogP contribution in [0.15, 0.2) is 59.1 Å². The van der Waals surface area contributed by atoms with Crippen molar-refractivity contribution in [1.29, 1.82) is 0 Å². The summed E-state index contributed by atoms with van der Waals surface area (Å²) in [5.41, 5.74) is 10.2. The summed E-state index contributed by atoms with van der Waals surface area (Å²) >= 11 is 3.45. The smallest absolute Gasteiger partial charge is 0.129 e. The van der Waals surface area contributed by atoms with Gasteiger partial charge in [-0.2, -0.15) is 5.10 Å². The van der Waals surface area contributed by atoms with Gasteiger partial charge >= 0.3 is 0 Å². The Hall–Kier alpha value is -2.07. The molecule has 0 aliphatic carbocycles. The van der Waals surface area contributed by atoms with Crippen molar-refractivity contribution in [2.45, 2.75) is 0 Å². The van der Waals surface area contributed by atoms with E-state index in [1.165, 1.54) is 0 Å². The van der Waals surface area contributed by atoms with Gasteiger partial charge in [-0.05, 0) is 17.7 Å². The predicted octanol–water partition coefficient (Wildman–Crippen LogP) is 4.10. The van der Waals surface area contributed by atoms with Gasteiger partial charge in [0.05, 0.1) is 5.56 Å². The molecular weight excluding hydrogens is 314 g/mol. The van der Waals surface area contributed by atoms with E-state index in [0.717, 1.165) is 26.9 Å². The third kappa shape index (κ3) is 2.23. The topological polar surface area (TPSA) is 43.8 Å². The van der Waals surface area contributed by atoms with Crippen molar-refractivity contribution in [3.8, 4) is 22.4 Å². The third-order valence-electron chi connectivity index (χ3n) is 3.27. The molecule has 1 heterocycles. The van der Waals surface area contributed by atoms with E-state index in [0.29, 0.717) is 5.82 Å². The molecule has 3 nitrogen and oxygen atoms in total. The molecule has 2 N–H and O–H groups in total. The first-order valence-electron chi connectivity index (χ1n) is 6.30. The molecule has 0 fully saturated rings. The van der Waals surface area contributed by atoms with E-state index >= 15 is 0 Å². The molecule has 0 unspecified atom stereocenters. The minimum Gasteiger partial charge on any atom is -0.383 e. The van der Waals surface area contributed by atoms with Crippen molar-refractivity contribution in [3.63, 3.8) is 0 Å². The summed E-state index contributed by atoms with van der Waals surface area (Å²) < 4.78 is 2.77. The summed E-state index contributed by atoms with van der Waals surface area (Å²) in [5.74, 6) is 0.672. The lowest BCUT2D eigenvalue weighted by Gasteiger charge is -2.04. The highest BCUT2D eigenvalue weighted by Crippen LogP contribution is 2.36. The summed E-state index contributed by atoms with van der Waals surface area (Å²) in [6.07, 6.45) is 0. The number of halogens is 1. The maximum absolute atomic E-state index is 6.20. The zero-order chi connectivity index (χ0) is 14.1. The van der Waals surface area contributed by atoms with Crippen LogP contribution in [0.25, 0.3) is 22.4 Å². The fourth-order valence-corrected chi connectivity index (χ4v) is 2.50. The molecule has 4 heteroatoms.